The van der Waals surface area contributed by atoms with Crippen LogP contribution in [0.15, 0.2) is 53.4 Å². The molecule has 0 atom stereocenters. The van der Waals surface area contributed by atoms with Crippen LogP contribution in [0.3, 0.4) is 0 Å². The minimum Gasteiger partial charge on any atom is -0.406 e. The van der Waals surface area contributed by atoms with Crippen molar-refractivity contribution in [2.24, 2.45) is 5.14 Å². The zero-order chi connectivity index (χ0) is 16.4. The molecule has 2 aromatic rings. The Balaban J connectivity index is 2.31. The molecule has 0 radical (unpaired) electrons. The number of alkyl halides is 3. The standard InChI is InChI=1S/C14H12F3NO3S/c15-14(16,17)21-12-6-3-4-10(9-12)8-11-5-1-2-7-13(11)22(18,19)20/h1-7,9H,8H2,(H2,18,19,20). The number of hydrogen-bond donors (Lipinski definition) is 1. The normalized spacial score (nSPS) is 12.2. The zero-order valence-corrected chi connectivity index (χ0v) is 12.0. The van der Waals surface area contributed by atoms with Gasteiger partial charge in [0.2, 0.25) is 10.0 Å². The fourth-order valence-corrected chi connectivity index (χ4v) is 2.77. The van der Waals surface area contributed by atoms with Gasteiger partial charge in [0.25, 0.3) is 0 Å². The van der Waals surface area contributed by atoms with Gasteiger partial charge in [0.1, 0.15) is 5.75 Å². The second-order valence-electron chi connectivity index (χ2n) is 4.52. The van der Waals surface area contributed by atoms with Crippen molar-refractivity contribution >= 4 is 10.0 Å². The lowest BCUT2D eigenvalue weighted by Gasteiger charge is -2.11. The molecule has 0 aliphatic rings. The Labute approximate surface area is 125 Å². The molecule has 0 aliphatic heterocycles. The van der Waals surface area contributed by atoms with Gasteiger partial charge in [-0.2, -0.15) is 0 Å². The van der Waals surface area contributed by atoms with Crippen LogP contribution in [0.5, 0.6) is 5.75 Å². The number of hydrogen-bond acceptors (Lipinski definition) is 3. The van der Waals surface area contributed by atoms with E-state index in [0.29, 0.717) is 11.1 Å². The predicted octanol–water partition coefficient (Wildman–Crippen LogP) is 2.82. The van der Waals surface area contributed by atoms with E-state index in [1.165, 1.54) is 30.3 Å². The summed E-state index contributed by atoms with van der Waals surface area (Å²) in [7, 11) is -3.90. The summed E-state index contributed by atoms with van der Waals surface area (Å²) < 4.78 is 63.4. The lowest BCUT2D eigenvalue weighted by atomic mass is 10.0. The fraction of sp³-hybridized carbons (Fsp3) is 0.143. The first-order valence-electron chi connectivity index (χ1n) is 6.10. The van der Waals surface area contributed by atoms with Gasteiger partial charge in [-0.15, -0.1) is 13.2 Å². The number of benzene rings is 2. The highest BCUT2D eigenvalue weighted by Crippen LogP contribution is 2.25. The second-order valence-corrected chi connectivity index (χ2v) is 6.05. The Morgan fingerprint density at radius 3 is 2.36 bits per heavy atom. The number of ether oxygens (including phenoxy) is 1. The fourth-order valence-electron chi connectivity index (χ4n) is 2.00. The first kappa shape index (κ1) is 16.3. The molecule has 2 N–H and O–H groups in total. The summed E-state index contributed by atoms with van der Waals surface area (Å²) in [6, 6.07) is 11.4. The average molecular weight is 331 g/mol. The van der Waals surface area contributed by atoms with Gasteiger partial charge in [0, 0.05) is 0 Å². The Kier molecular flexibility index (Phi) is 4.43. The third kappa shape index (κ3) is 4.47. The predicted molar refractivity (Wildman–Crippen MR) is 73.7 cm³/mol. The summed E-state index contributed by atoms with van der Waals surface area (Å²) in [5.41, 5.74) is 0.868. The molecule has 0 bridgehead atoms. The molecular weight excluding hydrogens is 319 g/mol. The van der Waals surface area contributed by atoms with Gasteiger partial charge in [-0.1, -0.05) is 30.3 Å². The maximum Gasteiger partial charge on any atom is 0.573 e. The van der Waals surface area contributed by atoms with Crippen LogP contribution in [0.1, 0.15) is 11.1 Å². The summed E-state index contributed by atoms with van der Waals surface area (Å²) in [6.07, 6.45) is -4.67. The van der Waals surface area contributed by atoms with Crippen LogP contribution >= 0.6 is 0 Å². The van der Waals surface area contributed by atoms with Crippen LogP contribution in [0, 0.1) is 0 Å². The van der Waals surface area contributed by atoms with Gasteiger partial charge in [-0.25, -0.2) is 13.6 Å². The van der Waals surface area contributed by atoms with E-state index in [9.17, 15) is 21.6 Å². The lowest BCUT2D eigenvalue weighted by Crippen LogP contribution is -2.17. The highest BCUT2D eigenvalue weighted by Gasteiger charge is 2.31. The number of rotatable bonds is 4. The maximum atomic E-state index is 12.2. The van der Waals surface area contributed by atoms with Crippen molar-refractivity contribution in [3.05, 3.63) is 59.7 Å². The molecule has 0 saturated carbocycles. The minimum absolute atomic E-state index is 0.0582. The summed E-state index contributed by atoms with van der Waals surface area (Å²) in [5.74, 6) is -0.363. The Morgan fingerprint density at radius 1 is 1.05 bits per heavy atom. The molecule has 0 aromatic heterocycles. The van der Waals surface area contributed by atoms with E-state index in [0.717, 1.165) is 0 Å². The molecule has 8 heteroatoms. The van der Waals surface area contributed by atoms with Crippen molar-refractivity contribution in [1.29, 1.82) is 0 Å². The van der Waals surface area contributed by atoms with Gasteiger partial charge in [-0.05, 0) is 35.7 Å². The molecular formula is C14H12F3NO3S. The molecule has 4 nitrogen and oxygen atoms in total. The summed E-state index contributed by atoms with van der Waals surface area (Å²) in [6.45, 7) is 0. The first-order valence-corrected chi connectivity index (χ1v) is 7.65. The van der Waals surface area contributed by atoms with Crippen molar-refractivity contribution in [2.75, 3.05) is 0 Å². The van der Waals surface area contributed by atoms with E-state index < -0.39 is 16.4 Å². The SMILES string of the molecule is NS(=O)(=O)c1ccccc1Cc1cccc(OC(F)(F)F)c1. The van der Waals surface area contributed by atoms with Crippen LogP contribution in [-0.4, -0.2) is 14.8 Å². The van der Waals surface area contributed by atoms with E-state index in [4.69, 9.17) is 5.14 Å². The zero-order valence-electron chi connectivity index (χ0n) is 11.2. The monoisotopic (exact) mass is 331 g/mol. The highest BCUT2D eigenvalue weighted by atomic mass is 32.2. The Bertz CT molecular complexity index is 773. The maximum absolute atomic E-state index is 12.2. The van der Waals surface area contributed by atoms with Crippen LogP contribution in [-0.2, 0) is 16.4 Å². The molecule has 0 heterocycles. The minimum atomic E-state index is -4.78. The molecule has 0 amide bonds. The summed E-state index contributed by atoms with van der Waals surface area (Å²) in [4.78, 5) is -0.0582. The van der Waals surface area contributed by atoms with Crippen LogP contribution in [0.2, 0.25) is 0 Å². The molecule has 2 aromatic carbocycles. The smallest absolute Gasteiger partial charge is 0.406 e. The highest BCUT2D eigenvalue weighted by molar-refractivity contribution is 7.89. The quantitative estimate of drug-likeness (QED) is 0.936. The van der Waals surface area contributed by atoms with E-state index >= 15 is 0 Å². The molecule has 2 rings (SSSR count). The topological polar surface area (TPSA) is 69.4 Å². The Morgan fingerprint density at radius 2 is 1.73 bits per heavy atom. The molecule has 0 unspecified atom stereocenters. The third-order valence-electron chi connectivity index (χ3n) is 2.81. The second kappa shape index (κ2) is 5.98. The number of sulfonamides is 1. The van der Waals surface area contributed by atoms with Gasteiger partial charge in [0.15, 0.2) is 0 Å². The summed E-state index contributed by atoms with van der Waals surface area (Å²) in [5, 5.41) is 5.12. The van der Waals surface area contributed by atoms with Gasteiger partial charge in [-0.3, -0.25) is 0 Å². The van der Waals surface area contributed by atoms with Crippen molar-refractivity contribution < 1.29 is 26.3 Å². The van der Waals surface area contributed by atoms with Crippen LogP contribution in [0.4, 0.5) is 13.2 Å². The average Bonchev–Trinajstić information content (AvgIpc) is 2.36. The molecule has 0 saturated heterocycles. The lowest BCUT2D eigenvalue weighted by molar-refractivity contribution is -0.274. The number of primary sulfonamides is 1. The van der Waals surface area contributed by atoms with Gasteiger partial charge < -0.3 is 4.74 Å². The molecule has 22 heavy (non-hydrogen) atoms. The molecule has 118 valence electrons. The largest absolute Gasteiger partial charge is 0.573 e. The van der Waals surface area contributed by atoms with Crippen molar-refractivity contribution in [2.45, 2.75) is 17.7 Å². The van der Waals surface area contributed by atoms with Crippen molar-refractivity contribution in [1.82, 2.24) is 0 Å². The number of halogens is 3. The van der Waals surface area contributed by atoms with E-state index in [-0.39, 0.29) is 17.1 Å². The van der Waals surface area contributed by atoms with Gasteiger partial charge >= 0.3 is 6.36 Å². The first-order chi connectivity index (χ1) is 10.1. The Hall–Kier alpha value is -2.06. The van der Waals surface area contributed by atoms with Crippen LogP contribution < -0.4 is 9.88 Å². The van der Waals surface area contributed by atoms with Crippen LogP contribution in [0.25, 0.3) is 0 Å². The molecule has 0 aliphatic carbocycles. The molecule has 0 spiro atoms. The van der Waals surface area contributed by atoms with Gasteiger partial charge in [0.05, 0.1) is 4.90 Å². The molecule has 0 fully saturated rings. The van der Waals surface area contributed by atoms with Crippen molar-refractivity contribution in [3.63, 3.8) is 0 Å². The summed E-state index contributed by atoms with van der Waals surface area (Å²) >= 11 is 0. The van der Waals surface area contributed by atoms with E-state index in [1.807, 2.05) is 0 Å². The van der Waals surface area contributed by atoms with E-state index in [2.05, 4.69) is 4.74 Å². The third-order valence-corrected chi connectivity index (χ3v) is 3.82. The van der Waals surface area contributed by atoms with Crippen molar-refractivity contribution in [3.8, 4) is 5.75 Å². The van der Waals surface area contributed by atoms with E-state index in [1.54, 1.807) is 18.2 Å². The number of nitrogens with two attached hydrogens (primary N) is 1.